The third kappa shape index (κ3) is 6.11. The zero-order valence-corrected chi connectivity index (χ0v) is 12.6. The van der Waals surface area contributed by atoms with Gasteiger partial charge in [0, 0.05) is 16.7 Å². The van der Waals surface area contributed by atoms with Gasteiger partial charge in [-0.3, -0.25) is 0 Å². The van der Waals surface area contributed by atoms with Crippen LogP contribution >= 0.6 is 15.9 Å². The van der Waals surface area contributed by atoms with Crippen molar-refractivity contribution in [2.75, 3.05) is 11.9 Å². The second kappa shape index (κ2) is 8.57. The largest absolute Gasteiger partial charge is 0.385 e. The minimum absolute atomic E-state index is 1.08. The predicted molar refractivity (Wildman–Crippen MR) is 80.7 cm³/mol. The van der Waals surface area contributed by atoms with E-state index in [-0.39, 0.29) is 0 Å². The highest BCUT2D eigenvalue weighted by molar-refractivity contribution is 9.10. The fraction of sp³-hybridized carbons (Fsp3) is 0.600. The number of hydrogen-bond acceptors (Lipinski definition) is 1. The molecule has 1 nitrogen and oxygen atoms in total. The van der Waals surface area contributed by atoms with Crippen molar-refractivity contribution in [3.63, 3.8) is 0 Å². The second-order valence-corrected chi connectivity index (χ2v) is 5.51. The van der Waals surface area contributed by atoms with Crippen molar-refractivity contribution in [3.05, 3.63) is 28.2 Å². The summed E-state index contributed by atoms with van der Waals surface area (Å²) in [6.07, 6.45) is 8.11. The van der Waals surface area contributed by atoms with Crippen LogP contribution < -0.4 is 5.32 Å². The Morgan fingerprint density at radius 3 is 2.47 bits per heavy atom. The fourth-order valence-electron chi connectivity index (χ4n) is 1.84. The van der Waals surface area contributed by atoms with E-state index < -0.39 is 0 Å². The van der Waals surface area contributed by atoms with E-state index in [0.717, 1.165) is 6.54 Å². The SMILES string of the molecule is CCCCCCCCNc1ccc(C)c(Br)c1. The summed E-state index contributed by atoms with van der Waals surface area (Å²) in [5, 5.41) is 3.47. The number of benzene rings is 1. The molecule has 0 radical (unpaired) electrons. The minimum Gasteiger partial charge on any atom is -0.385 e. The van der Waals surface area contributed by atoms with E-state index in [9.17, 15) is 0 Å². The smallest absolute Gasteiger partial charge is 0.0351 e. The van der Waals surface area contributed by atoms with E-state index in [1.807, 2.05) is 0 Å². The lowest BCUT2D eigenvalue weighted by atomic mass is 10.1. The normalized spacial score (nSPS) is 10.5. The van der Waals surface area contributed by atoms with Crippen LogP contribution in [-0.4, -0.2) is 6.54 Å². The molecule has 0 amide bonds. The van der Waals surface area contributed by atoms with Crippen molar-refractivity contribution in [2.45, 2.75) is 52.4 Å². The maximum Gasteiger partial charge on any atom is 0.0351 e. The molecular weight excluding hydrogens is 274 g/mol. The third-order valence-electron chi connectivity index (χ3n) is 3.03. The summed E-state index contributed by atoms with van der Waals surface area (Å²) in [4.78, 5) is 0. The van der Waals surface area contributed by atoms with E-state index >= 15 is 0 Å². The Morgan fingerprint density at radius 2 is 1.76 bits per heavy atom. The predicted octanol–water partition coefficient (Wildman–Crippen LogP) is 5.53. The molecule has 0 heterocycles. The van der Waals surface area contributed by atoms with E-state index in [2.05, 4.69) is 53.3 Å². The topological polar surface area (TPSA) is 12.0 Å². The summed E-state index contributed by atoms with van der Waals surface area (Å²) in [6.45, 7) is 5.46. The Kier molecular flexibility index (Phi) is 7.34. The van der Waals surface area contributed by atoms with Crippen LogP contribution in [0.3, 0.4) is 0 Å². The van der Waals surface area contributed by atoms with Crippen LogP contribution in [0.15, 0.2) is 22.7 Å². The molecule has 0 atom stereocenters. The van der Waals surface area contributed by atoms with Gasteiger partial charge >= 0.3 is 0 Å². The van der Waals surface area contributed by atoms with Crippen molar-refractivity contribution in [2.24, 2.45) is 0 Å². The molecule has 0 saturated heterocycles. The first kappa shape index (κ1) is 14.6. The van der Waals surface area contributed by atoms with E-state index in [1.165, 1.54) is 54.2 Å². The van der Waals surface area contributed by atoms with Gasteiger partial charge in [0.05, 0.1) is 0 Å². The number of nitrogens with one attached hydrogen (secondary N) is 1. The molecule has 0 aliphatic carbocycles. The van der Waals surface area contributed by atoms with Crippen molar-refractivity contribution in [3.8, 4) is 0 Å². The second-order valence-electron chi connectivity index (χ2n) is 4.66. The number of halogens is 1. The van der Waals surface area contributed by atoms with Crippen molar-refractivity contribution in [1.82, 2.24) is 0 Å². The molecule has 0 bridgehead atoms. The number of aryl methyl sites for hydroxylation is 1. The molecule has 0 fully saturated rings. The molecule has 2 heteroatoms. The highest BCUT2D eigenvalue weighted by Gasteiger charge is 1.96. The van der Waals surface area contributed by atoms with Gasteiger partial charge in [-0.25, -0.2) is 0 Å². The Balaban J connectivity index is 2.11. The monoisotopic (exact) mass is 297 g/mol. The molecule has 0 spiro atoms. The standard InChI is InChI=1S/C15H24BrN/c1-3-4-5-6-7-8-11-17-14-10-9-13(2)15(16)12-14/h9-10,12,17H,3-8,11H2,1-2H3. The summed E-state index contributed by atoms with van der Waals surface area (Å²) >= 11 is 3.56. The third-order valence-corrected chi connectivity index (χ3v) is 3.89. The van der Waals surface area contributed by atoms with Gasteiger partial charge < -0.3 is 5.32 Å². The molecule has 1 N–H and O–H groups in total. The van der Waals surface area contributed by atoms with E-state index in [4.69, 9.17) is 0 Å². The maximum atomic E-state index is 3.56. The number of rotatable bonds is 8. The van der Waals surface area contributed by atoms with Gasteiger partial charge in [-0.1, -0.05) is 61.0 Å². The molecule has 96 valence electrons. The van der Waals surface area contributed by atoms with Crippen LogP contribution in [0.1, 0.15) is 51.0 Å². The molecule has 1 aromatic rings. The molecule has 1 aromatic carbocycles. The molecule has 0 aromatic heterocycles. The summed E-state index contributed by atoms with van der Waals surface area (Å²) in [5.74, 6) is 0. The van der Waals surface area contributed by atoms with Gasteiger partial charge in [0.15, 0.2) is 0 Å². The van der Waals surface area contributed by atoms with Gasteiger partial charge in [-0.05, 0) is 31.0 Å². The first-order chi connectivity index (χ1) is 8.24. The molecule has 1 rings (SSSR count). The summed E-state index contributed by atoms with van der Waals surface area (Å²) in [5.41, 5.74) is 2.51. The van der Waals surface area contributed by atoms with Crippen LogP contribution in [0.5, 0.6) is 0 Å². The van der Waals surface area contributed by atoms with Crippen molar-refractivity contribution < 1.29 is 0 Å². The van der Waals surface area contributed by atoms with Crippen molar-refractivity contribution in [1.29, 1.82) is 0 Å². The van der Waals surface area contributed by atoms with Crippen LogP contribution in [0.4, 0.5) is 5.69 Å². The number of hydrogen-bond donors (Lipinski definition) is 1. The highest BCUT2D eigenvalue weighted by Crippen LogP contribution is 2.20. The molecule has 0 saturated carbocycles. The van der Waals surface area contributed by atoms with E-state index in [0.29, 0.717) is 0 Å². The van der Waals surface area contributed by atoms with E-state index in [1.54, 1.807) is 0 Å². The maximum absolute atomic E-state index is 3.56. The Hall–Kier alpha value is -0.500. The average molecular weight is 298 g/mol. The zero-order chi connectivity index (χ0) is 12.5. The minimum atomic E-state index is 1.08. The van der Waals surface area contributed by atoms with Crippen LogP contribution in [0, 0.1) is 6.92 Å². The summed E-state index contributed by atoms with van der Waals surface area (Å²) in [6, 6.07) is 6.46. The van der Waals surface area contributed by atoms with Gasteiger partial charge in [-0.15, -0.1) is 0 Å². The number of unbranched alkanes of at least 4 members (excludes halogenated alkanes) is 5. The quantitative estimate of drug-likeness (QED) is 0.622. The van der Waals surface area contributed by atoms with Gasteiger partial charge in [0.1, 0.15) is 0 Å². The zero-order valence-electron chi connectivity index (χ0n) is 11.1. The van der Waals surface area contributed by atoms with Crippen molar-refractivity contribution >= 4 is 21.6 Å². The highest BCUT2D eigenvalue weighted by atomic mass is 79.9. The van der Waals surface area contributed by atoms with Crippen LogP contribution in [0.2, 0.25) is 0 Å². The fourth-order valence-corrected chi connectivity index (χ4v) is 2.22. The van der Waals surface area contributed by atoms with Gasteiger partial charge in [0.2, 0.25) is 0 Å². The lowest BCUT2D eigenvalue weighted by Gasteiger charge is -2.08. The molecule has 0 unspecified atom stereocenters. The molecule has 17 heavy (non-hydrogen) atoms. The van der Waals surface area contributed by atoms with Gasteiger partial charge in [0.25, 0.3) is 0 Å². The molecule has 0 aliphatic rings. The first-order valence-electron chi connectivity index (χ1n) is 6.74. The Labute approximate surface area is 114 Å². The lowest BCUT2D eigenvalue weighted by molar-refractivity contribution is 0.617. The summed E-state index contributed by atoms with van der Waals surface area (Å²) in [7, 11) is 0. The molecule has 0 aliphatic heterocycles. The van der Waals surface area contributed by atoms with Crippen LogP contribution in [-0.2, 0) is 0 Å². The molecular formula is C15H24BrN. The first-order valence-corrected chi connectivity index (χ1v) is 7.53. The Morgan fingerprint density at radius 1 is 1.06 bits per heavy atom. The van der Waals surface area contributed by atoms with Crippen LogP contribution in [0.25, 0.3) is 0 Å². The summed E-state index contributed by atoms with van der Waals surface area (Å²) < 4.78 is 1.19. The lowest BCUT2D eigenvalue weighted by Crippen LogP contribution is -2.01. The Bertz CT molecular complexity index is 323. The average Bonchev–Trinajstić information content (AvgIpc) is 2.32. The van der Waals surface area contributed by atoms with Gasteiger partial charge in [-0.2, -0.15) is 0 Å². The number of anilines is 1.